The Morgan fingerprint density at radius 3 is 2.03 bits per heavy atom. The van der Waals surface area contributed by atoms with Gasteiger partial charge >= 0.3 is 0 Å². The highest BCUT2D eigenvalue weighted by atomic mass is 16.2. The molecule has 0 fully saturated rings. The molecule has 4 nitrogen and oxygen atoms in total. The Morgan fingerprint density at radius 2 is 1.60 bits per heavy atom. The molecule has 0 unspecified atom stereocenters. The normalized spacial score (nSPS) is 11.2. The van der Waals surface area contributed by atoms with E-state index in [1.165, 1.54) is 5.56 Å². The van der Waals surface area contributed by atoms with Gasteiger partial charge in [-0.25, -0.2) is 0 Å². The average Bonchev–Trinajstić information content (AvgIpc) is 2.72. The number of anilines is 1. The van der Waals surface area contributed by atoms with Gasteiger partial charge in [-0.3, -0.25) is 9.59 Å². The van der Waals surface area contributed by atoms with Gasteiger partial charge in [-0.15, -0.1) is 0 Å². The van der Waals surface area contributed by atoms with Crippen molar-refractivity contribution in [1.29, 1.82) is 0 Å². The number of benzene rings is 1. The van der Waals surface area contributed by atoms with Crippen molar-refractivity contribution in [1.82, 2.24) is 4.57 Å². The van der Waals surface area contributed by atoms with E-state index >= 15 is 0 Å². The predicted molar refractivity (Wildman–Crippen MR) is 127 cm³/mol. The molecule has 0 spiro atoms. The number of nitrogens with one attached hydrogen (secondary N) is 1. The fourth-order valence-corrected chi connectivity index (χ4v) is 4.22. The Morgan fingerprint density at radius 1 is 1.03 bits per heavy atom. The van der Waals surface area contributed by atoms with E-state index in [1.54, 1.807) is 0 Å². The fourth-order valence-electron chi connectivity index (χ4n) is 4.22. The lowest BCUT2D eigenvalue weighted by Crippen LogP contribution is -2.31. The molecule has 0 saturated carbocycles. The summed E-state index contributed by atoms with van der Waals surface area (Å²) in [6.45, 7) is 14.6. The SMILES string of the molecule is CCCc1c(C(=O)Nc2c(CC)cc(C(C)C)cc2CC)c(=O)c(CC)c(C)n1C. The van der Waals surface area contributed by atoms with Crippen LogP contribution in [-0.4, -0.2) is 10.5 Å². The Bertz CT molecular complexity index is 958. The average molecular weight is 411 g/mol. The number of carbonyl (C=O) groups is 1. The molecule has 30 heavy (non-hydrogen) atoms. The molecule has 1 aromatic carbocycles. The molecule has 1 amide bonds. The lowest BCUT2D eigenvalue weighted by atomic mass is 9.93. The number of rotatable bonds is 8. The zero-order valence-electron chi connectivity index (χ0n) is 20.0. The quantitative estimate of drug-likeness (QED) is 0.606. The Labute approximate surface area is 181 Å². The van der Waals surface area contributed by atoms with E-state index in [0.29, 0.717) is 24.3 Å². The number of aromatic nitrogens is 1. The van der Waals surface area contributed by atoms with Crippen LogP contribution >= 0.6 is 0 Å². The summed E-state index contributed by atoms with van der Waals surface area (Å²) in [5.74, 6) is 0.147. The minimum atomic E-state index is -0.282. The van der Waals surface area contributed by atoms with Gasteiger partial charge in [0.05, 0.1) is 0 Å². The lowest BCUT2D eigenvalue weighted by molar-refractivity contribution is 0.102. The number of amides is 1. The Balaban J connectivity index is 2.66. The minimum absolute atomic E-state index is 0.121. The summed E-state index contributed by atoms with van der Waals surface area (Å²) in [6.07, 6.45) is 3.86. The summed E-state index contributed by atoms with van der Waals surface area (Å²) >= 11 is 0. The number of hydrogen-bond donors (Lipinski definition) is 1. The van der Waals surface area contributed by atoms with Crippen LogP contribution in [0.25, 0.3) is 0 Å². The van der Waals surface area contributed by atoms with Crippen molar-refractivity contribution >= 4 is 11.6 Å². The van der Waals surface area contributed by atoms with E-state index in [0.717, 1.165) is 53.0 Å². The zero-order valence-corrected chi connectivity index (χ0v) is 20.0. The van der Waals surface area contributed by atoms with E-state index in [1.807, 2.05) is 25.5 Å². The smallest absolute Gasteiger partial charge is 0.261 e. The molecule has 0 aliphatic rings. The van der Waals surface area contributed by atoms with Crippen LogP contribution in [0.15, 0.2) is 16.9 Å². The predicted octanol–water partition coefficient (Wildman–Crippen LogP) is 5.71. The van der Waals surface area contributed by atoms with Crippen molar-refractivity contribution in [2.75, 3.05) is 5.32 Å². The molecular formula is C26H38N2O2. The van der Waals surface area contributed by atoms with Crippen molar-refractivity contribution in [3.8, 4) is 0 Å². The van der Waals surface area contributed by atoms with E-state index in [9.17, 15) is 9.59 Å². The van der Waals surface area contributed by atoms with E-state index in [4.69, 9.17) is 0 Å². The Hall–Kier alpha value is -2.36. The topological polar surface area (TPSA) is 51.1 Å². The molecule has 1 N–H and O–H groups in total. The second kappa shape index (κ2) is 10.1. The van der Waals surface area contributed by atoms with E-state index in [-0.39, 0.29) is 11.3 Å². The summed E-state index contributed by atoms with van der Waals surface area (Å²) in [5, 5.41) is 3.15. The van der Waals surface area contributed by atoms with Gasteiger partial charge in [-0.2, -0.15) is 0 Å². The first-order valence-corrected chi connectivity index (χ1v) is 11.4. The second-order valence-electron chi connectivity index (χ2n) is 8.41. The van der Waals surface area contributed by atoms with Crippen molar-refractivity contribution in [3.05, 3.63) is 61.6 Å². The summed E-state index contributed by atoms with van der Waals surface area (Å²) in [5.41, 5.74) is 7.10. The molecule has 0 atom stereocenters. The van der Waals surface area contributed by atoms with Gasteiger partial charge in [0.15, 0.2) is 5.43 Å². The van der Waals surface area contributed by atoms with Crippen LogP contribution < -0.4 is 10.7 Å². The number of aryl methyl sites for hydroxylation is 2. The van der Waals surface area contributed by atoms with Crippen LogP contribution in [0.4, 0.5) is 5.69 Å². The van der Waals surface area contributed by atoms with Gasteiger partial charge in [-0.1, -0.05) is 60.1 Å². The van der Waals surface area contributed by atoms with Crippen LogP contribution in [-0.2, 0) is 32.7 Å². The maximum Gasteiger partial charge on any atom is 0.261 e. The third-order valence-electron chi connectivity index (χ3n) is 6.19. The summed E-state index contributed by atoms with van der Waals surface area (Å²) in [6, 6.07) is 4.38. The Kier molecular flexibility index (Phi) is 8.05. The molecule has 0 aliphatic carbocycles. The molecule has 0 saturated heterocycles. The fraction of sp³-hybridized carbons (Fsp3) is 0.538. The summed E-state index contributed by atoms with van der Waals surface area (Å²) < 4.78 is 2.03. The van der Waals surface area contributed by atoms with Crippen molar-refractivity contribution < 1.29 is 4.79 Å². The van der Waals surface area contributed by atoms with Crippen LogP contribution in [0.3, 0.4) is 0 Å². The largest absolute Gasteiger partial charge is 0.351 e. The molecule has 0 aliphatic heterocycles. The zero-order chi connectivity index (χ0) is 22.6. The first-order valence-electron chi connectivity index (χ1n) is 11.4. The third kappa shape index (κ3) is 4.53. The molecule has 164 valence electrons. The molecule has 2 rings (SSSR count). The van der Waals surface area contributed by atoms with Gasteiger partial charge in [0.25, 0.3) is 5.91 Å². The number of pyridine rings is 1. The van der Waals surface area contributed by atoms with Crippen LogP contribution in [0.5, 0.6) is 0 Å². The van der Waals surface area contributed by atoms with Crippen LogP contribution in [0.1, 0.15) is 97.9 Å². The highest BCUT2D eigenvalue weighted by Gasteiger charge is 2.23. The lowest BCUT2D eigenvalue weighted by Gasteiger charge is -2.21. The minimum Gasteiger partial charge on any atom is -0.351 e. The first kappa shape index (κ1) is 23.9. The van der Waals surface area contributed by atoms with Crippen molar-refractivity contribution in [2.45, 2.75) is 86.5 Å². The summed E-state index contributed by atoms with van der Waals surface area (Å²) in [4.78, 5) is 26.8. The highest BCUT2D eigenvalue weighted by molar-refractivity contribution is 6.06. The monoisotopic (exact) mass is 410 g/mol. The highest BCUT2D eigenvalue weighted by Crippen LogP contribution is 2.29. The van der Waals surface area contributed by atoms with E-state index < -0.39 is 0 Å². The van der Waals surface area contributed by atoms with Crippen molar-refractivity contribution in [3.63, 3.8) is 0 Å². The number of carbonyl (C=O) groups excluding carboxylic acids is 1. The van der Waals surface area contributed by atoms with Gasteiger partial charge in [0.2, 0.25) is 0 Å². The van der Waals surface area contributed by atoms with Crippen molar-refractivity contribution in [2.24, 2.45) is 7.05 Å². The second-order valence-corrected chi connectivity index (χ2v) is 8.41. The van der Waals surface area contributed by atoms with Crippen LogP contribution in [0, 0.1) is 6.92 Å². The molecule has 1 heterocycles. The standard InChI is InChI=1S/C26H38N2O2/c1-9-13-22-23(25(29)21(12-4)17(7)28(22)8)26(30)27-24-18(10-2)14-20(16(5)6)15-19(24)11-3/h14-16H,9-13H2,1-8H3,(H,27,30). The molecule has 2 aromatic rings. The van der Waals surface area contributed by atoms with Gasteiger partial charge in [-0.05, 0) is 55.2 Å². The van der Waals surface area contributed by atoms with Gasteiger partial charge < -0.3 is 9.88 Å². The summed E-state index contributed by atoms with van der Waals surface area (Å²) in [7, 11) is 1.96. The molecule has 4 heteroatoms. The van der Waals surface area contributed by atoms with E-state index in [2.05, 4.69) is 52.1 Å². The molecule has 0 bridgehead atoms. The first-order chi connectivity index (χ1) is 14.2. The molecule has 0 radical (unpaired) electrons. The number of hydrogen-bond acceptors (Lipinski definition) is 2. The maximum absolute atomic E-state index is 13.5. The van der Waals surface area contributed by atoms with Crippen LogP contribution in [0.2, 0.25) is 0 Å². The number of nitrogens with zero attached hydrogens (tertiary/aromatic N) is 1. The molecular weight excluding hydrogens is 372 g/mol. The molecule has 1 aromatic heterocycles. The van der Waals surface area contributed by atoms with Gasteiger partial charge in [0.1, 0.15) is 5.56 Å². The third-order valence-corrected chi connectivity index (χ3v) is 6.19. The van der Waals surface area contributed by atoms with Gasteiger partial charge in [0, 0.05) is 29.7 Å². The maximum atomic E-state index is 13.5.